The molecule has 1 aromatic heterocycles. The fraction of sp³-hybridized carbons (Fsp3) is 0.636. The van der Waals surface area contributed by atoms with Crippen LogP contribution in [0.5, 0.6) is 0 Å². The molecule has 0 spiro atoms. The summed E-state index contributed by atoms with van der Waals surface area (Å²) in [5.41, 5.74) is 1.07. The van der Waals surface area contributed by atoms with E-state index in [9.17, 15) is 4.79 Å². The van der Waals surface area contributed by atoms with Gasteiger partial charge in [-0.3, -0.25) is 0 Å². The first kappa shape index (κ1) is 9.40. The second-order valence-electron chi connectivity index (χ2n) is 4.45. The summed E-state index contributed by atoms with van der Waals surface area (Å²) >= 11 is 6.11. The Balaban J connectivity index is 2.12. The molecule has 2 heterocycles. The van der Waals surface area contributed by atoms with Gasteiger partial charge in [-0.2, -0.15) is 0 Å². The highest BCUT2D eigenvalue weighted by Crippen LogP contribution is 2.43. The molecule has 15 heavy (non-hydrogen) atoms. The molecule has 2 aliphatic rings. The van der Waals surface area contributed by atoms with Crippen LogP contribution in [0.3, 0.4) is 0 Å². The van der Waals surface area contributed by atoms with Crippen LogP contribution in [-0.4, -0.2) is 15.8 Å². The summed E-state index contributed by atoms with van der Waals surface area (Å²) in [4.78, 5) is 15.5. The molecule has 1 aliphatic carbocycles. The lowest BCUT2D eigenvalue weighted by atomic mass is 10.0. The van der Waals surface area contributed by atoms with E-state index in [-0.39, 0.29) is 6.04 Å². The molecule has 3 rings (SSSR count). The molecule has 1 atom stereocenters. The Morgan fingerprint density at radius 1 is 1.40 bits per heavy atom. The standard InChI is InChI=1S/C11H13ClN2O/c12-10-9-3-1-2-8(6-15)14(9)11(13-10)7-4-5-7/h6-8H,1-5H2. The van der Waals surface area contributed by atoms with E-state index in [1.54, 1.807) is 0 Å². The van der Waals surface area contributed by atoms with Gasteiger partial charge in [-0.1, -0.05) is 11.6 Å². The number of aromatic nitrogens is 2. The molecule has 0 radical (unpaired) electrons. The number of nitrogens with zero attached hydrogens (tertiary/aromatic N) is 2. The van der Waals surface area contributed by atoms with E-state index < -0.39 is 0 Å². The molecule has 1 saturated carbocycles. The normalized spacial score (nSPS) is 25.0. The maximum Gasteiger partial charge on any atom is 0.150 e. The molecule has 4 heteroatoms. The number of fused-ring (bicyclic) bond motifs is 1. The van der Waals surface area contributed by atoms with Crippen molar-refractivity contribution in [1.29, 1.82) is 0 Å². The fourth-order valence-corrected chi connectivity index (χ4v) is 2.69. The van der Waals surface area contributed by atoms with Crippen molar-refractivity contribution in [3.05, 3.63) is 16.7 Å². The van der Waals surface area contributed by atoms with Crippen molar-refractivity contribution in [3.8, 4) is 0 Å². The molecule has 1 aliphatic heterocycles. The topological polar surface area (TPSA) is 34.9 Å². The molecule has 0 amide bonds. The summed E-state index contributed by atoms with van der Waals surface area (Å²) in [5, 5.41) is 0.614. The summed E-state index contributed by atoms with van der Waals surface area (Å²) in [6.07, 6.45) is 6.36. The molecule has 1 aromatic rings. The number of carbonyl (C=O) groups is 1. The zero-order chi connectivity index (χ0) is 10.4. The highest BCUT2D eigenvalue weighted by Gasteiger charge is 2.34. The Morgan fingerprint density at radius 2 is 2.20 bits per heavy atom. The zero-order valence-electron chi connectivity index (χ0n) is 8.45. The summed E-state index contributed by atoms with van der Waals surface area (Å²) < 4.78 is 2.09. The van der Waals surface area contributed by atoms with Gasteiger partial charge in [0.15, 0.2) is 5.15 Å². The van der Waals surface area contributed by atoms with E-state index in [4.69, 9.17) is 11.6 Å². The second-order valence-corrected chi connectivity index (χ2v) is 4.81. The summed E-state index contributed by atoms with van der Waals surface area (Å²) in [6, 6.07) is -0.0238. The molecule has 3 nitrogen and oxygen atoms in total. The third-order valence-electron chi connectivity index (χ3n) is 3.33. The molecular weight excluding hydrogens is 212 g/mol. The van der Waals surface area contributed by atoms with Crippen LogP contribution in [0, 0.1) is 0 Å². The van der Waals surface area contributed by atoms with Gasteiger partial charge in [-0.15, -0.1) is 0 Å². The van der Waals surface area contributed by atoms with Crippen molar-refractivity contribution in [3.63, 3.8) is 0 Å². The fourth-order valence-electron chi connectivity index (χ4n) is 2.42. The number of aldehydes is 1. The average Bonchev–Trinajstić information content (AvgIpc) is 3.04. The smallest absolute Gasteiger partial charge is 0.150 e. The van der Waals surface area contributed by atoms with E-state index in [1.807, 2.05) is 0 Å². The molecular formula is C11H13ClN2O. The van der Waals surface area contributed by atoms with Gasteiger partial charge in [0, 0.05) is 5.92 Å². The maximum absolute atomic E-state index is 11.0. The lowest BCUT2D eigenvalue weighted by Crippen LogP contribution is -2.20. The van der Waals surface area contributed by atoms with Crippen LogP contribution in [0.2, 0.25) is 5.15 Å². The number of hydrogen-bond acceptors (Lipinski definition) is 2. The van der Waals surface area contributed by atoms with Gasteiger partial charge in [-0.25, -0.2) is 4.98 Å². The van der Waals surface area contributed by atoms with Crippen molar-refractivity contribution in [1.82, 2.24) is 9.55 Å². The number of rotatable bonds is 2. The van der Waals surface area contributed by atoms with E-state index in [0.717, 1.165) is 37.1 Å². The van der Waals surface area contributed by atoms with Crippen LogP contribution in [0.25, 0.3) is 0 Å². The lowest BCUT2D eigenvalue weighted by molar-refractivity contribution is -0.111. The highest BCUT2D eigenvalue weighted by molar-refractivity contribution is 6.30. The summed E-state index contributed by atoms with van der Waals surface area (Å²) in [7, 11) is 0. The predicted molar refractivity (Wildman–Crippen MR) is 57.3 cm³/mol. The van der Waals surface area contributed by atoms with Gasteiger partial charge in [0.25, 0.3) is 0 Å². The number of imidazole rings is 1. The second kappa shape index (κ2) is 3.34. The Kier molecular flexibility index (Phi) is 2.09. The van der Waals surface area contributed by atoms with Crippen LogP contribution >= 0.6 is 11.6 Å². The molecule has 0 aromatic carbocycles. The van der Waals surface area contributed by atoms with Gasteiger partial charge >= 0.3 is 0 Å². The third kappa shape index (κ3) is 1.41. The molecule has 0 bridgehead atoms. The van der Waals surface area contributed by atoms with Crippen molar-refractivity contribution in [2.75, 3.05) is 0 Å². The Labute approximate surface area is 93.4 Å². The van der Waals surface area contributed by atoms with Gasteiger partial charge in [0.1, 0.15) is 12.1 Å². The van der Waals surface area contributed by atoms with Crippen molar-refractivity contribution in [2.45, 2.75) is 44.1 Å². The van der Waals surface area contributed by atoms with Gasteiger partial charge < -0.3 is 9.36 Å². The largest absolute Gasteiger partial charge is 0.320 e. The quantitative estimate of drug-likeness (QED) is 0.724. The summed E-state index contributed by atoms with van der Waals surface area (Å²) in [5.74, 6) is 1.60. The summed E-state index contributed by atoms with van der Waals surface area (Å²) in [6.45, 7) is 0. The zero-order valence-corrected chi connectivity index (χ0v) is 9.20. The predicted octanol–water partition coefficient (Wildman–Crippen LogP) is 2.49. The van der Waals surface area contributed by atoms with Crippen LogP contribution in [0.15, 0.2) is 0 Å². The van der Waals surface area contributed by atoms with Crippen molar-refractivity contribution >= 4 is 17.9 Å². The molecule has 80 valence electrons. The van der Waals surface area contributed by atoms with Crippen LogP contribution in [-0.2, 0) is 11.2 Å². The first-order chi connectivity index (χ1) is 7.31. The molecule has 1 fully saturated rings. The lowest BCUT2D eigenvalue weighted by Gasteiger charge is -2.22. The van der Waals surface area contributed by atoms with E-state index in [2.05, 4.69) is 9.55 Å². The molecule has 0 saturated heterocycles. The third-order valence-corrected chi connectivity index (χ3v) is 3.64. The number of carbonyl (C=O) groups excluding carboxylic acids is 1. The van der Waals surface area contributed by atoms with Crippen LogP contribution in [0.1, 0.15) is 49.2 Å². The number of hydrogen-bond donors (Lipinski definition) is 0. The van der Waals surface area contributed by atoms with Crippen LogP contribution < -0.4 is 0 Å². The SMILES string of the molecule is O=CC1CCCc2c(Cl)nc(C3CC3)n21. The number of halogens is 1. The van der Waals surface area contributed by atoms with E-state index >= 15 is 0 Å². The van der Waals surface area contributed by atoms with Crippen molar-refractivity contribution < 1.29 is 4.79 Å². The highest BCUT2D eigenvalue weighted by atomic mass is 35.5. The van der Waals surface area contributed by atoms with Gasteiger partial charge in [0.2, 0.25) is 0 Å². The monoisotopic (exact) mass is 224 g/mol. The van der Waals surface area contributed by atoms with Crippen molar-refractivity contribution in [2.24, 2.45) is 0 Å². The van der Waals surface area contributed by atoms with Gasteiger partial charge in [0.05, 0.1) is 11.7 Å². The molecule has 0 N–H and O–H groups in total. The van der Waals surface area contributed by atoms with E-state index in [1.165, 1.54) is 12.8 Å². The Morgan fingerprint density at radius 3 is 2.87 bits per heavy atom. The van der Waals surface area contributed by atoms with E-state index in [0.29, 0.717) is 11.1 Å². The maximum atomic E-state index is 11.0. The first-order valence-electron chi connectivity index (χ1n) is 5.53. The Hall–Kier alpha value is -0.830. The minimum Gasteiger partial charge on any atom is -0.320 e. The van der Waals surface area contributed by atoms with Gasteiger partial charge in [-0.05, 0) is 32.1 Å². The van der Waals surface area contributed by atoms with Crippen LogP contribution in [0.4, 0.5) is 0 Å². The minimum atomic E-state index is -0.0238. The molecule has 1 unspecified atom stereocenters. The minimum absolute atomic E-state index is 0.0238. The Bertz CT molecular complexity index is 409. The first-order valence-corrected chi connectivity index (χ1v) is 5.91. The average molecular weight is 225 g/mol.